The molecule has 3 rings (SSSR count). The summed E-state index contributed by atoms with van der Waals surface area (Å²) in [7, 11) is 0. The first-order chi connectivity index (χ1) is 12.9. The van der Waals surface area contributed by atoms with E-state index < -0.39 is 6.09 Å². The number of hydrogen-bond acceptors (Lipinski definition) is 3. The summed E-state index contributed by atoms with van der Waals surface area (Å²) < 4.78 is 20.6. The monoisotopic (exact) mass is 366 g/mol. The highest BCUT2D eigenvalue weighted by atomic mass is 19.1. The summed E-state index contributed by atoms with van der Waals surface area (Å²) in [5.74, 6) is 0.129. The fraction of sp³-hybridized carbons (Fsp3) is 0.273. The Morgan fingerprint density at radius 1 is 1.22 bits per heavy atom. The molecule has 0 saturated heterocycles. The number of carbonyl (C=O) groups excluding carboxylic acids is 1. The van der Waals surface area contributed by atoms with Gasteiger partial charge in [0.1, 0.15) is 18.2 Å². The van der Waals surface area contributed by atoms with Crippen molar-refractivity contribution >= 4 is 6.09 Å². The Kier molecular flexibility index (Phi) is 5.40. The maximum absolute atomic E-state index is 13.9. The molecule has 0 aliphatic rings. The van der Waals surface area contributed by atoms with E-state index in [-0.39, 0.29) is 18.3 Å². The number of rotatable bonds is 4. The van der Waals surface area contributed by atoms with Gasteiger partial charge in [-0.1, -0.05) is 36.8 Å². The van der Waals surface area contributed by atoms with Crippen molar-refractivity contribution in [3.63, 3.8) is 0 Å². The van der Waals surface area contributed by atoms with Crippen LogP contribution in [-0.2, 0) is 11.3 Å². The lowest BCUT2D eigenvalue weighted by molar-refractivity contribution is 0.139. The molecule has 0 fully saturated rings. The molecule has 0 bridgehead atoms. The number of aryl methyl sites for hydroxylation is 2. The quantitative estimate of drug-likeness (QED) is 0.631. The standard InChI is InChI=1S/C22H23FN2O2/c1-14-8-9-20(23)18(12-14)13-27-22(26)25-11-10-24-21(25)17(4)19-7-5-6-15(2)16(19)3/h5-12,17H,13H2,1-4H3/t17-/m0/s1. The van der Waals surface area contributed by atoms with E-state index >= 15 is 0 Å². The van der Waals surface area contributed by atoms with Crippen LogP contribution in [0.4, 0.5) is 9.18 Å². The number of benzene rings is 2. The fourth-order valence-corrected chi connectivity index (χ4v) is 3.19. The lowest BCUT2D eigenvalue weighted by Gasteiger charge is -2.17. The zero-order chi connectivity index (χ0) is 19.6. The largest absolute Gasteiger partial charge is 0.444 e. The Morgan fingerprint density at radius 2 is 2.00 bits per heavy atom. The highest BCUT2D eigenvalue weighted by molar-refractivity contribution is 5.71. The van der Waals surface area contributed by atoms with Crippen molar-refractivity contribution in [3.05, 3.63) is 88.3 Å². The van der Waals surface area contributed by atoms with Crippen molar-refractivity contribution in [1.29, 1.82) is 0 Å². The van der Waals surface area contributed by atoms with E-state index in [2.05, 4.69) is 24.9 Å². The molecule has 0 spiro atoms. The van der Waals surface area contributed by atoms with Crippen molar-refractivity contribution in [3.8, 4) is 0 Å². The van der Waals surface area contributed by atoms with Crippen LogP contribution in [0, 0.1) is 26.6 Å². The van der Waals surface area contributed by atoms with E-state index in [4.69, 9.17) is 4.74 Å². The van der Waals surface area contributed by atoms with Crippen LogP contribution in [0.2, 0.25) is 0 Å². The Balaban J connectivity index is 1.80. The van der Waals surface area contributed by atoms with Crippen LogP contribution < -0.4 is 0 Å². The van der Waals surface area contributed by atoms with Crippen LogP contribution in [-0.4, -0.2) is 15.6 Å². The predicted octanol–water partition coefficient (Wildman–Crippen LogP) is 5.28. The van der Waals surface area contributed by atoms with Gasteiger partial charge in [0.25, 0.3) is 0 Å². The second-order valence-corrected chi connectivity index (χ2v) is 6.82. The Labute approximate surface area is 158 Å². The number of aromatic nitrogens is 2. The third-order valence-corrected chi connectivity index (χ3v) is 4.92. The van der Waals surface area contributed by atoms with Crippen molar-refractivity contribution in [1.82, 2.24) is 9.55 Å². The predicted molar refractivity (Wildman–Crippen MR) is 102 cm³/mol. The topological polar surface area (TPSA) is 44.1 Å². The molecule has 3 aromatic rings. The number of imidazole rings is 1. The molecule has 2 aromatic carbocycles. The normalized spacial score (nSPS) is 12.0. The van der Waals surface area contributed by atoms with Crippen molar-refractivity contribution in [2.24, 2.45) is 0 Å². The van der Waals surface area contributed by atoms with Gasteiger partial charge in [-0.25, -0.2) is 18.7 Å². The first-order valence-electron chi connectivity index (χ1n) is 8.90. The van der Waals surface area contributed by atoms with Gasteiger partial charge in [0.15, 0.2) is 0 Å². The zero-order valence-corrected chi connectivity index (χ0v) is 16.0. The lowest BCUT2D eigenvalue weighted by Crippen LogP contribution is -2.18. The average Bonchev–Trinajstić information content (AvgIpc) is 3.14. The third kappa shape index (κ3) is 3.92. The molecule has 0 unspecified atom stereocenters. The highest BCUT2D eigenvalue weighted by Gasteiger charge is 2.21. The first-order valence-corrected chi connectivity index (χ1v) is 8.90. The van der Waals surface area contributed by atoms with E-state index in [1.807, 2.05) is 26.0 Å². The molecule has 4 nitrogen and oxygen atoms in total. The molecule has 27 heavy (non-hydrogen) atoms. The Morgan fingerprint density at radius 3 is 2.78 bits per heavy atom. The first kappa shape index (κ1) is 18.8. The van der Waals surface area contributed by atoms with E-state index in [1.54, 1.807) is 24.5 Å². The van der Waals surface area contributed by atoms with E-state index in [1.165, 1.54) is 21.8 Å². The van der Waals surface area contributed by atoms with Gasteiger partial charge in [-0.15, -0.1) is 0 Å². The lowest BCUT2D eigenvalue weighted by atomic mass is 9.93. The molecule has 0 saturated carbocycles. The van der Waals surface area contributed by atoms with Crippen LogP contribution in [0.25, 0.3) is 0 Å². The van der Waals surface area contributed by atoms with Gasteiger partial charge < -0.3 is 4.74 Å². The van der Waals surface area contributed by atoms with Gasteiger partial charge in [0.05, 0.1) is 0 Å². The van der Waals surface area contributed by atoms with E-state index in [0.29, 0.717) is 11.4 Å². The Hall–Kier alpha value is -2.95. The molecule has 0 aliphatic carbocycles. The summed E-state index contributed by atoms with van der Waals surface area (Å²) in [5, 5.41) is 0. The van der Waals surface area contributed by atoms with Gasteiger partial charge >= 0.3 is 6.09 Å². The minimum absolute atomic E-state index is 0.0804. The van der Waals surface area contributed by atoms with Crippen LogP contribution in [0.5, 0.6) is 0 Å². The van der Waals surface area contributed by atoms with Crippen LogP contribution in [0.1, 0.15) is 46.5 Å². The molecule has 1 heterocycles. The smallest absolute Gasteiger partial charge is 0.419 e. The summed E-state index contributed by atoms with van der Waals surface area (Å²) in [4.78, 5) is 16.9. The maximum Gasteiger partial charge on any atom is 0.419 e. The van der Waals surface area contributed by atoms with Gasteiger partial charge in [0, 0.05) is 23.9 Å². The van der Waals surface area contributed by atoms with Crippen molar-refractivity contribution in [2.45, 2.75) is 40.2 Å². The average molecular weight is 366 g/mol. The van der Waals surface area contributed by atoms with Crippen molar-refractivity contribution < 1.29 is 13.9 Å². The van der Waals surface area contributed by atoms with Gasteiger partial charge in [-0.2, -0.15) is 0 Å². The molecule has 1 atom stereocenters. The van der Waals surface area contributed by atoms with Crippen LogP contribution in [0.3, 0.4) is 0 Å². The SMILES string of the molecule is Cc1ccc(F)c(COC(=O)n2ccnc2[C@@H](C)c2cccc(C)c2C)c1. The number of halogens is 1. The minimum atomic E-state index is -0.569. The zero-order valence-electron chi connectivity index (χ0n) is 16.0. The second-order valence-electron chi connectivity index (χ2n) is 6.82. The fourth-order valence-electron chi connectivity index (χ4n) is 3.19. The summed E-state index contributed by atoms with van der Waals surface area (Å²) in [6, 6.07) is 10.8. The summed E-state index contributed by atoms with van der Waals surface area (Å²) >= 11 is 0. The summed E-state index contributed by atoms with van der Waals surface area (Å²) in [6.07, 6.45) is 2.58. The van der Waals surface area contributed by atoms with Crippen molar-refractivity contribution in [2.75, 3.05) is 0 Å². The highest BCUT2D eigenvalue weighted by Crippen LogP contribution is 2.27. The molecule has 0 N–H and O–H groups in total. The molecule has 0 radical (unpaired) electrons. The number of ether oxygens (including phenoxy) is 1. The number of nitrogens with zero attached hydrogens (tertiary/aromatic N) is 2. The summed E-state index contributed by atoms with van der Waals surface area (Å²) in [6.45, 7) is 7.87. The maximum atomic E-state index is 13.9. The second kappa shape index (κ2) is 7.74. The Bertz CT molecular complexity index is 978. The molecular weight excluding hydrogens is 343 g/mol. The van der Waals surface area contributed by atoms with E-state index in [0.717, 1.165) is 11.1 Å². The molecular formula is C22H23FN2O2. The van der Waals surface area contributed by atoms with Gasteiger partial charge in [-0.3, -0.25) is 0 Å². The molecule has 0 amide bonds. The van der Waals surface area contributed by atoms with E-state index in [9.17, 15) is 9.18 Å². The minimum Gasteiger partial charge on any atom is -0.444 e. The molecule has 1 aromatic heterocycles. The van der Waals surface area contributed by atoms with Gasteiger partial charge in [-0.05, 0) is 49.6 Å². The van der Waals surface area contributed by atoms with Crippen LogP contribution in [0.15, 0.2) is 48.8 Å². The number of hydrogen-bond donors (Lipinski definition) is 0. The number of carbonyl (C=O) groups is 1. The van der Waals surface area contributed by atoms with Crippen LogP contribution >= 0.6 is 0 Å². The molecule has 0 aliphatic heterocycles. The molecule has 5 heteroatoms. The molecule has 140 valence electrons. The third-order valence-electron chi connectivity index (χ3n) is 4.92. The summed E-state index contributed by atoms with van der Waals surface area (Å²) in [5.41, 5.74) is 4.74. The van der Waals surface area contributed by atoms with Gasteiger partial charge in [0.2, 0.25) is 0 Å².